The Bertz CT molecular complexity index is 382. The number of amides is 2. The van der Waals surface area contributed by atoms with Crippen molar-refractivity contribution in [3.8, 4) is 0 Å². The van der Waals surface area contributed by atoms with E-state index in [9.17, 15) is 4.79 Å². The van der Waals surface area contributed by atoms with E-state index in [0.717, 1.165) is 5.69 Å². The number of hydrogen-bond donors (Lipinski definition) is 2. The number of carbonyl (C=O) groups excluding carboxylic acids is 1. The zero-order valence-electron chi connectivity index (χ0n) is 8.49. The number of carbonyl (C=O) groups is 1. The number of urea groups is 1. The minimum atomic E-state index is -0.235. The summed E-state index contributed by atoms with van der Waals surface area (Å²) in [6, 6.07) is -0.235. The first kappa shape index (κ1) is 10.2. The Labute approximate surface area is 92.4 Å². The molecule has 0 atom stereocenters. The van der Waals surface area contributed by atoms with Crippen molar-refractivity contribution in [3.05, 3.63) is 23.3 Å². The lowest BCUT2D eigenvalue weighted by Crippen LogP contribution is -2.23. The van der Waals surface area contributed by atoms with Crippen LogP contribution in [0.1, 0.15) is 18.5 Å². The largest absolute Gasteiger partial charge is 0.324 e. The lowest BCUT2D eigenvalue weighted by Gasteiger charge is -1.99. The summed E-state index contributed by atoms with van der Waals surface area (Å²) in [5.41, 5.74) is 0.920. The van der Waals surface area contributed by atoms with Gasteiger partial charge in [-0.3, -0.25) is 5.32 Å². The molecule has 1 aliphatic rings. The number of aryl methyl sites for hydroxylation is 1. The molecule has 80 valence electrons. The van der Waals surface area contributed by atoms with Crippen molar-refractivity contribution in [3.63, 3.8) is 0 Å². The Hall–Kier alpha value is -1.36. The molecule has 1 aliphatic carbocycles. The molecule has 0 saturated heterocycles. The molecule has 2 amide bonds. The van der Waals surface area contributed by atoms with E-state index in [0.29, 0.717) is 11.0 Å². The number of thiazole rings is 1. The van der Waals surface area contributed by atoms with Crippen LogP contribution in [0.2, 0.25) is 0 Å². The van der Waals surface area contributed by atoms with Gasteiger partial charge in [-0.05, 0) is 25.7 Å². The highest BCUT2D eigenvalue weighted by atomic mass is 32.1. The molecule has 0 aliphatic heterocycles. The summed E-state index contributed by atoms with van der Waals surface area (Å²) >= 11 is 1.42. The van der Waals surface area contributed by atoms with Crippen molar-refractivity contribution < 1.29 is 4.79 Å². The molecule has 1 aromatic heterocycles. The van der Waals surface area contributed by atoms with Crippen LogP contribution < -0.4 is 10.6 Å². The van der Waals surface area contributed by atoms with E-state index in [-0.39, 0.29) is 6.03 Å². The maximum atomic E-state index is 11.3. The van der Waals surface area contributed by atoms with E-state index in [1.54, 1.807) is 6.20 Å². The van der Waals surface area contributed by atoms with Crippen molar-refractivity contribution in [1.29, 1.82) is 0 Å². The predicted molar refractivity (Wildman–Crippen MR) is 60.9 cm³/mol. The molecule has 15 heavy (non-hydrogen) atoms. The van der Waals surface area contributed by atoms with Gasteiger partial charge in [0.1, 0.15) is 0 Å². The first-order chi connectivity index (χ1) is 7.24. The number of rotatable bonds is 3. The Morgan fingerprint density at radius 3 is 3.07 bits per heavy atom. The summed E-state index contributed by atoms with van der Waals surface area (Å²) < 4.78 is 0. The van der Waals surface area contributed by atoms with E-state index in [1.807, 2.05) is 18.4 Å². The molecular weight excluding hydrogens is 210 g/mol. The molecule has 1 fully saturated rings. The number of nitrogens with one attached hydrogen (secondary N) is 2. The maximum Gasteiger partial charge on any atom is 0.324 e. The Morgan fingerprint density at radius 1 is 1.67 bits per heavy atom. The van der Waals surface area contributed by atoms with Crippen molar-refractivity contribution in [1.82, 2.24) is 10.3 Å². The average Bonchev–Trinajstić information content (AvgIpc) is 2.91. The molecule has 5 heteroatoms. The van der Waals surface area contributed by atoms with E-state index >= 15 is 0 Å². The smallest absolute Gasteiger partial charge is 0.315 e. The zero-order chi connectivity index (χ0) is 10.7. The van der Waals surface area contributed by atoms with Crippen LogP contribution in [-0.2, 0) is 0 Å². The Kier molecular flexibility index (Phi) is 3.01. The molecule has 0 unspecified atom stereocenters. The van der Waals surface area contributed by atoms with Gasteiger partial charge in [-0.1, -0.05) is 6.08 Å². The molecule has 0 radical (unpaired) electrons. The van der Waals surface area contributed by atoms with E-state index in [2.05, 4.69) is 15.6 Å². The number of nitrogens with zero attached hydrogens (tertiary/aromatic N) is 1. The van der Waals surface area contributed by atoms with Gasteiger partial charge in [0.2, 0.25) is 0 Å². The van der Waals surface area contributed by atoms with E-state index < -0.39 is 0 Å². The van der Waals surface area contributed by atoms with Crippen molar-refractivity contribution in [2.24, 2.45) is 5.92 Å². The molecular formula is C10H13N3OS. The van der Waals surface area contributed by atoms with Crippen LogP contribution in [-0.4, -0.2) is 11.0 Å². The monoisotopic (exact) mass is 223 g/mol. The minimum Gasteiger partial charge on any atom is -0.315 e. The second-order valence-corrected chi connectivity index (χ2v) is 4.45. The SMILES string of the molecule is Cc1csc(NC(=O)N/C=C/C2CC2)n1. The van der Waals surface area contributed by atoms with Crippen LogP contribution in [0, 0.1) is 12.8 Å². The third kappa shape index (κ3) is 3.36. The van der Waals surface area contributed by atoms with Gasteiger partial charge in [0, 0.05) is 11.6 Å². The second-order valence-electron chi connectivity index (χ2n) is 3.59. The highest BCUT2D eigenvalue weighted by Crippen LogP contribution is 2.29. The van der Waals surface area contributed by atoms with Gasteiger partial charge in [0.15, 0.2) is 5.13 Å². The van der Waals surface area contributed by atoms with Crippen LogP contribution in [0.3, 0.4) is 0 Å². The predicted octanol–water partition coefficient (Wildman–Crippen LogP) is 2.50. The summed E-state index contributed by atoms with van der Waals surface area (Å²) in [6.45, 7) is 1.90. The molecule has 2 rings (SSSR count). The van der Waals surface area contributed by atoms with Gasteiger partial charge in [-0.15, -0.1) is 11.3 Å². The minimum absolute atomic E-state index is 0.235. The standard InChI is InChI=1S/C10H13N3OS/c1-7-6-15-10(12-7)13-9(14)11-5-4-8-2-3-8/h4-6,8H,2-3H2,1H3,(H2,11,12,13,14)/b5-4+. The highest BCUT2D eigenvalue weighted by molar-refractivity contribution is 7.13. The summed E-state index contributed by atoms with van der Waals surface area (Å²) in [6.07, 6.45) is 6.21. The number of aromatic nitrogens is 1. The molecule has 0 spiro atoms. The molecule has 2 N–H and O–H groups in total. The van der Waals surface area contributed by atoms with Gasteiger partial charge < -0.3 is 5.32 Å². The maximum absolute atomic E-state index is 11.3. The van der Waals surface area contributed by atoms with E-state index in [1.165, 1.54) is 24.2 Å². The van der Waals surface area contributed by atoms with Gasteiger partial charge in [-0.25, -0.2) is 9.78 Å². The third-order valence-electron chi connectivity index (χ3n) is 2.04. The first-order valence-electron chi connectivity index (χ1n) is 4.90. The molecule has 1 saturated carbocycles. The second kappa shape index (κ2) is 4.44. The molecule has 4 nitrogen and oxygen atoms in total. The van der Waals surface area contributed by atoms with Crippen LogP contribution in [0.25, 0.3) is 0 Å². The van der Waals surface area contributed by atoms with Crippen molar-refractivity contribution in [2.75, 3.05) is 5.32 Å². The molecule has 0 aromatic carbocycles. The first-order valence-corrected chi connectivity index (χ1v) is 5.78. The lowest BCUT2D eigenvalue weighted by molar-refractivity contribution is 0.255. The fourth-order valence-electron chi connectivity index (χ4n) is 1.09. The van der Waals surface area contributed by atoms with Gasteiger partial charge >= 0.3 is 6.03 Å². The molecule has 1 aromatic rings. The number of anilines is 1. The Morgan fingerprint density at radius 2 is 2.47 bits per heavy atom. The Balaban J connectivity index is 1.76. The summed E-state index contributed by atoms with van der Waals surface area (Å²) in [5, 5.41) is 7.84. The highest BCUT2D eigenvalue weighted by Gasteiger charge is 2.17. The van der Waals surface area contributed by atoms with Crippen molar-refractivity contribution >= 4 is 22.5 Å². The van der Waals surface area contributed by atoms with Crippen LogP contribution in [0.15, 0.2) is 17.7 Å². The topological polar surface area (TPSA) is 54.0 Å². The zero-order valence-corrected chi connectivity index (χ0v) is 9.30. The fraction of sp³-hybridized carbons (Fsp3) is 0.400. The van der Waals surface area contributed by atoms with Gasteiger partial charge in [-0.2, -0.15) is 0 Å². The average molecular weight is 223 g/mol. The summed E-state index contributed by atoms with van der Waals surface area (Å²) in [7, 11) is 0. The van der Waals surface area contributed by atoms with Crippen LogP contribution >= 0.6 is 11.3 Å². The van der Waals surface area contributed by atoms with Crippen LogP contribution in [0.4, 0.5) is 9.93 Å². The third-order valence-corrected chi connectivity index (χ3v) is 2.92. The number of allylic oxidation sites excluding steroid dienone is 1. The van der Waals surface area contributed by atoms with Gasteiger partial charge in [0.25, 0.3) is 0 Å². The number of hydrogen-bond acceptors (Lipinski definition) is 3. The van der Waals surface area contributed by atoms with Crippen molar-refractivity contribution in [2.45, 2.75) is 19.8 Å². The summed E-state index contributed by atoms with van der Waals surface area (Å²) in [4.78, 5) is 15.4. The molecule has 1 heterocycles. The van der Waals surface area contributed by atoms with E-state index in [4.69, 9.17) is 0 Å². The van der Waals surface area contributed by atoms with Gasteiger partial charge in [0.05, 0.1) is 5.69 Å². The quantitative estimate of drug-likeness (QED) is 0.827. The fourth-order valence-corrected chi connectivity index (χ4v) is 1.78. The van der Waals surface area contributed by atoms with Crippen LogP contribution in [0.5, 0.6) is 0 Å². The normalized spacial score (nSPS) is 15.5. The molecule has 0 bridgehead atoms. The lowest BCUT2D eigenvalue weighted by atomic mass is 10.4. The summed E-state index contributed by atoms with van der Waals surface area (Å²) in [5.74, 6) is 0.674.